The van der Waals surface area contributed by atoms with Crippen LogP contribution in [0.4, 0.5) is 5.69 Å². The molecule has 6 nitrogen and oxygen atoms in total. The third-order valence-electron chi connectivity index (χ3n) is 3.56. The minimum Gasteiger partial charge on any atom is -0.481 e. The Balaban J connectivity index is 1.86. The molecule has 0 saturated carbocycles. The van der Waals surface area contributed by atoms with E-state index < -0.39 is 17.9 Å². The SMILES string of the molecule is NC(CC(=O)O)C(=O)Nc1ccc(CN2CCCC2)cc1. The first-order valence-corrected chi connectivity index (χ1v) is 7.14. The lowest BCUT2D eigenvalue weighted by Crippen LogP contribution is -2.37. The zero-order valence-electron chi connectivity index (χ0n) is 11.9. The van der Waals surface area contributed by atoms with Crippen molar-refractivity contribution in [2.24, 2.45) is 5.73 Å². The standard InChI is InChI=1S/C15H21N3O3/c16-13(9-14(19)20)15(21)17-12-5-3-11(4-6-12)10-18-7-1-2-8-18/h3-6,13H,1-2,7-10,16H2,(H,17,21)(H,19,20). The van der Waals surface area contributed by atoms with Crippen LogP contribution < -0.4 is 11.1 Å². The average molecular weight is 291 g/mol. The van der Waals surface area contributed by atoms with Gasteiger partial charge in [0.05, 0.1) is 12.5 Å². The van der Waals surface area contributed by atoms with Gasteiger partial charge >= 0.3 is 5.97 Å². The number of nitrogens with two attached hydrogens (primary N) is 1. The number of rotatable bonds is 6. The number of carbonyl (C=O) groups is 2. The number of nitrogens with one attached hydrogen (secondary N) is 1. The van der Waals surface area contributed by atoms with Gasteiger partial charge in [0.25, 0.3) is 0 Å². The minimum atomic E-state index is -1.08. The molecule has 1 atom stereocenters. The molecular weight excluding hydrogens is 270 g/mol. The summed E-state index contributed by atoms with van der Waals surface area (Å²) in [6.45, 7) is 3.21. The van der Waals surface area contributed by atoms with Gasteiger partial charge < -0.3 is 16.2 Å². The fourth-order valence-corrected chi connectivity index (χ4v) is 2.41. The van der Waals surface area contributed by atoms with Crippen LogP contribution in [0.1, 0.15) is 24.8 Å². The van der Waals surface area contributed by atoms with Crippen LogP contribution in [0.3, 0.4) is 0 Å². The monoisotopic (exact) mass is 291 g/mol. The Bertz CT molecular complexity index is 495. The van der Waals surface area contributed by atoms with Crippen molar-refractivity contribution < 1.29 is 14.7 Å². The molecule has 1 heterocycles. The van der Waals surface area contributed by atoms with Gasteiger partial charge in [-0.25, -0.2) is 0 Å². The molecule has 1 aromatic rings. The molecule has 1 unspecified atom stereocenters. The van der Waals surface area contributed by atoms with Crippen LogP contribution in [-0.2, 0) is 16.1 Å². The fraction of sp³-hybridized carbons (Fsp3) is 0.467. The van der Waals surface area contributed by atoms with Gasteiger partial charge in [-0.1, -0.05) is 12.1 Å². The molecule has 4 N–H and O–H groups in total. The van der Waals surface area contributed by atoms with Crippen LogP contribution in [-0.4, -0.2) is 41.0 Å². The van der Waals surface area contributed by atoms with Gasteiger partial charge in [0.15, 0.2) is 0 Å². The Morgan fingerprint density at radius 1 is 1.24 bits per heavy atom. The van der Waals surface area contributed by atoms with Crippen LogP contribution >= 0.6 is 0 Å². The van der Waals surface area contributed by atoms with E-state index in [1.807, 2.05) is 24.3 Å². The molecule has 1 aliphatic rings. The summed E-state index contributed by atoms with van der Waals surface area (Å²) in [6, 6.07) is 6.53. The molecule has 6 heteroatoms. The summed E-state index contributed by atoms with van der Waals surface area (Å²) >= 11 is 0. The van der Waals surface area contributed by atoms with Crippen LogP contribution in [0.5, 0.6) is 0 Å². The van der Waals surface area contributed by atoms with Crippen molar-refractivity contribution in [3.05, 3.63) is 29.8 Å². The van der Waals surface area contributed by atoms with E-state index in [2.05, 4.69) is 10.2 Å². The molecule has 0 aromatic heterocycles. The smallest absolute Gasteiger partial charge is 0.305 e. The second-order valence-corrected chi connectivity index (χ2v) is 5.37. The number of hydrogen-bond donors (Lipinski definition) is 3. The second kappa shape index (κ2) is 7.19. The lowest BCUT2D eigenvalue weighted by molar-refractivity contribution is -0.138. The molecule has 114 valence electrons. The first-order valence-electron chi connectivity index (χ1n) is 7.14. The molecule has 1 saturated heterocycles. The highest BCUT2D eigenvalue weighted by atomic mass is 16.4. The van der Waals surface area contributed by atoms with E-state index >= 15 is 0 Å². The molecule has 0 bridgehead atoms. The maximum atomic E-state index is 11.7. The number of likely N-dealkylation sites (tertiary alicyclic amines) is 1. The normalized spacial score (nSPS) is 16.6. The summed E-state index contributed by atoms with van der Waals surface area (Å²) in [5.41, 5.74) is 7.33. The van der Waals surface area contributed by atoms with E-state index in [-0.39, 0.29) is 6.42 Å². The van der Waals surface area contributed by atoms with E-state index in [1.54, 1.807) is 0 Å². The molecule has 1 aliphatic heterocycles. The van der Waals surface area contributed by atoms with Crippen molar-refractivity contribution in [2.45, 2.75) is 31.8 Å². The van der Waals surface area contributed by atoms with Gasteiger partial charge in [-0.05, 0) is 43.6 Å². The van der Waals surface area contributed by atoms with Crippen molar-refractivity contribution in [3.8, 4) is 0 Å². The molecule has 0 aliphatic carbocycles. The Morgan fingerprint density at radius 2 is 1.86 bits per heavy atom. The lowest BCUT2D eigenvalue weighted by atomic mass is 10.1. The third kappa shape index (κ3) is 4.84. The summed E-state index contributed by atoms with van der Waals surface area (Å²) in [5, 5.41) is 11.2. The average Bonchev–Trinajstić information content (AvgIpc) is 2.93. The summed E-state index contributed by atoms with van der Waals surface area (Å²) in [4.78, 5) is 24.6. The predicted octanol–water partition coefficient (Wildman–Crippen LogP) is 1.02. The van der Waals surface area contributed by atoms with Gasteiger partial charge in [-0.15, -0.1) is 0 Å². The van der Waals surface area contributed by atoms with Crippen LogP contribution in [0.25, 0.3) is 0 Å². The van der Waals surface area contributed by atoms with Crippen LogP contribution in [0.15, 0.2) is 24.3 Å². The lowest BCUT2D eigenvalue weighted by Gasteiger charge is -2.15. The maximum absolute atomic E-state index is 11.7. The number of amides is 1. The highest BCUT2D eigenvalue weighted by Crippen LogP contribution is 2.15. The largest absolute Gasteiger partial charge is 0.481 e. The summed E-state index contributed by atoms with van der Waals surface area (Å²) in [5.74, 6) is -1.57. The maximum Gasteiger partial charge on any atom is 0.305 e. The van der Waals surface area contributed by atoms with Crippen molar-refractivity contribution in [1.29, 1.82) is 0 Å². The number of carboxylic acids is 1. The highest BCUT2D eigenvalue weighted by molar-refractivity contribution is 5.96. The quantitative estimate of drug-likeness (QED) is 0.727. The van der Waals surface area contributed by atoms with E-state index in [0.717, 1.165) is 19.6 Å². The first kappa shape index (κ1) is 15.5. The molecule has 21 heavy (non-hydrogen) atoms. The Hall–Kier alpha value is -1.92. The Kier molecular flexibility index (Phi) is 5.30. The number of benzene rings is 1. The fourth-order valence-electron chi connectivity index (χ4n) is 2.41. The minimum absolute atomic E-state index is 0.376. The number of carbonyl (C=O) groups excluding carboxylic acids is 1. The van der Waals surface area contributed by atoms with Gasteiger partial charge in [-0.2, -0.15) is 0 Å². The number of nitrogens with zero attached hydrogens (tertiary/aromatic N) is 1. The highest BCUT2D eigenvalue weighted by Gasteiger charge is 2.17. The topological polar surface area (TPSA) is 95.7 Å². The van der Waals surface area contributed by atoms with Crippen molar-refractivity contribution in [3.63, 3.8) is 0 Å². The molecular formula is C15H21N3O3. The zero-order chi connectivity index (χ0) is 15.2. The van der Waals surface area contributed by atoms with Crippen LogP contribution in [0, 0.1) is 0 Å². The molecule has 0 radical (unpaired) electrons. The molecule has 1 fully saturated rings. The summed E-state index contributed by atoms with van der Waals surface area (Å²) in [7, 11) is 0. The first-order chi connectivity index (χ1) is 10.0. The molecule has 2 rings (SSSR count). The van der Waals surface area contributed by atoms with Crippen molar-refractivity contribution in [2.75, 3.05) is 18.4 Å². The Morgan fingerprint density at radius 3 is 2.43 bits per heavy atom. The molecule has 1 amide bonds. The van der Waals surface area contributed by atoms with Gasteiger partial charge in [-0.3, -0.25) is 14.5 Å². The van der Waals surface area contributed by atoms with E-state index in [1.165, 1.54) is 18.4 Å². The van der Waals surface area contributed by atoms with E-state index in [9.17, 15) is 9.59 Å². The van der Waals surface area contributed by atoms with E-state index in [4.69, 9.17) is 10.8 Å². The van der Waals surface area contributed by atoms with Crippen LogP contribution in [0.2, 0.25) is 0 Å². The molecule has 1 aromatic carbocycles. The molecule has 0 spiro atoms. The summed E-state index contributed by atoms with van der Waals surface area (Å²) < 4.78 is 0. The van der Waals surface area contributed by atoms with Crippen molar-refractivity contribution in [1.82, 2.24) is 4.90 Å². The van der Waals surface area contributed by atoms with Crippen molar-refractivity contribution >= 4 is 17.6 Å². The third-order valence-corrected chi connectivity index (χ3v) is 3.56. The number of aliphatic carboxylic acids is 1. The number of carboxylic acid groups (broad SMARTS) is 1. The Labute approximate surface area is 123 Å². The summed E-state index contributed by atoms with van der Waals surface area (Å²) in [6.07, 6.45) is 2.14. The number of anilines is 1. The predicted molar refractivity (Wildman–Crippen MR) is 79.8 cm³/mol. The second-order valence-electron chi connectivity index (χ2n) is 5.37. The van der Waals surface area contributed by atoms with E-state index in [0.29, 0.717) is 5.69 Å². The zero-order valence-corrected chi connectivity index (χ0v) is 11.9. The van der Waals surface area contributed by atoms with Gasteiger partial charge in [0.1, 0.15) is 0 Å². The van der Waals surface area contributed by atoms with Gasteiger partial charge in [0.2, 0.25) is 5.91 Å². The van der Waals surface area contributed by atoms with Gasteiger partial charge in [0, 0.05) is 12.2 Å². The number of hydrogen-bond acceptors (Lipinski definition) is 4.